The molecule has 0 aromatic rings. The summed E-state index contributed by atoms with van der Waals surface area (Å²) in [6, 6.07) is 0. The van der Waals surface area contributed by atoms with Crippen molar-refractivity contribution in [1.29, 1.82) is 0 Å². The van der Waals surface area contributed by atoms with Gasteiger partial charge in [-0.15, -0.1) is 0 Å². The van der Waals surface area contributed by atoms with Crippen LogP contribution in [0.5, 0.6) is 0 Å². The van der Waals surface area contributed by atoms with Crippen LogP contribution in [0, 0.1) is 5.92 Å². The van der Waals surface area contributed by atoms with Gasteiger partial charge in [0, 0.05) is 5.57 Å². The van der Waals surface area contributed by atoms with Gasteiger partial charge in [-0.2, -0.15) is 0 Å². The van der Waals surface area contributed by atoms with E-state index in [1.54, 1.807) is 6.92 Å². The zero-order chi connectivity index (χ0) is 8.15. The first-order chi connectivity index (χ1) is 4.63. The van der Waals surface area contributed by atoms with Crippen LogP contribution in [-0.2, 0) is 0 Å². The van der Waals surface area contributed by atoms with Crippen LogP contribution in [0.15, 0.2) is 17.0 Å². The molecule has 0 aromatic carbocycles. The molecule has 0 radical (unpaired) electrons. The number of oxime groups is 1. The molecule has 0 aliphatic rings. The molecule has 0 aliphatic carbocycles. The number of nitrogens with zero attached hydrogens (tertiary/aromatic N) is 1. The first-order valence-corrected chi connectivity index (χ1v) is 3.16. The van der Waals surface area contributed by atoms with E-state index in [0.29, 0.717) is 11.3 Å². The lowest BCUT2D eigenvalue weighted by molar-refractivity contribution is 0.318. The third kappa shape index (κ3) is 2.09. The Labute approximate surface area is 60.7 Å². The molecular weight excluding hydrogens is 130 g/mol. The molecule has 3 heteroatoms. The molecule has 0 unspecified atom stereocenters. The normalized spacial score (nSPS) is 14.4. The molecule has 0 heterocycles. The maximum absolute atomic E-state index is 8.64. The summed E-state index contributed by atoms with van der Waals surface area (Å²) in [6.45, 7) is 5.47. The lowest BCUT2D eigenvalue weighted by atomic mass is 10.0. The molecule has 0 saturated carbocycles. The van der Waals surface area contributed by atoms with Crippen LogP contribution in [0.2, 0.25) is 0 Å². The van der Waals surface area contributed by atoms with Gasteiger partial charge in [0.15, 0.2) is 0 Å². The van der Waals surface area contributed by atoms with Crippen LogP contribution in [0.3, 0.4) is 0 Å². The minimum absolute atomic E-state index is 0.181. The Kier molecular flexibility index (Phi) is 3.54. The molecule has 0 spiro atoms. The van der Waals surface area contributed by atoms with E-state index >= 15 is 0 Å². The number of rotatable bonds is 2. The lowest BCUT2D eigenvalue weighted by Gasteiger charge is -2.06. The Bertz CT molecular complexity index is 159. The van der Waals surface area contributed by atoms with Gasteiger partial charge in [0.2, 0.25) is 0 Å². The van der Waals surface area contributed by atoms with E-state index in [0.717, 1.165) is 6.26 Å². The third-order valence-electron chi connectivity index (χ3n) is 1.33. The number of hydrogen-bond acceptors (Lipinski definition) is 3. The highest BCUT2D eigenvalue weighted by atomic mass is 16.4. The molecular formula is C7H13NO2. The molecule has 10 heavy (non-hydrogen) atoms. The first-order valence-electron chi connectivity index (χ1n) is 3.16. The second-order valence-corrected chi connectivity index (χ2v) is 2.42. The quantitative estimate of drug-likeness (QED) is 0.268. The van der Waals surface area contributed by atoms with Crippen molar-refractivity contribution in [3.8, 4) is 0 Å². The van der Waals surface area contributed by atoms with Crippen molar-refractivity contribution in [2.75, 3.05) is 0 Å². The predicted octanol–water partition coefficient (Wildman–Crippen LogP) is 1.93. The van der Waals surface area contributed by atoms with Gasteiger partial charge in [-0.25, -0.2) is 0 Å². The van der Waals surface area contributed by atoms with Gasteiger partial charge in [-0.1, -0.05) is 19.0 Å². The van der Waals surface area contributed by atoms with Crippen LogP contribution in [0.25, 0.3) is 0 Å². The van der Waals surface area contributed by atoms with Crippen LogP contribution in [-0.4, -0.2) is 16.0 Å². The van der Waals surface area contributed by atoms with Crippen LogP contribution in [0.1, 0.15) is 20.8 Å². The molecule has 2 N–H and O–H groups in total. The zero-order valence-corrected chi connectivity index (χ0v) is 6.50. The van der Waals surface area contributed by atoms with Crippen molar-refractivity contribution in [3.63, 3.8) is 0 Å². The van der Waals surface area contributed by atoms with E-state index in [1.807, 2.05) is 13.8 Å². The minimum Gasteiger partial charge on any atom is -0.515 e. The standard InChI is InChI=1S/C7H13NO2/c1-5(2)7(4-9)6(3)8-10/h4-5,9-10H,1-3H3/b7-4+,8-6-. The molecule has 0 amide bonds. The topological polar surface area (TPSA) is 52.8 Å². The number of aliphatic hydroxyl groups is 1. The van der Waals surface area contributed by atoms with Crippen molar-refractivity contribution >= 4 is 5.71 Å². The lowest BCUT2D eigenvalue weighted by Crippen LogP contribution is -2.04. The third-order valence-corrected chi connectivity index (χ3v) is 1.33. The van der Waals surface area contributed by atoms with Gasteiger partial charge in [0.1, 0.15) is 0 Å². The number of allylic oxidation sites excluding steroid dienone is 1. The molecule has 0 aliphatic heterocycles. The molecule has 3 nitrogen and oxygen atoms in total. The Balaban J connectivity index is 4.39. The summed E-state index contributed by atoms with van der Waals surface area (Å²) >= 11 is 0. The van der Waals surface area contributed by atoms with Gasteiger partial charge in [0.25, 0.3) is 0 Å². The molecule has 0 rings (SSSR count). The van der Waals surface area contributed by atoms with E-state index in [9.17, 15) is 0 Å². The fraction of sp³-hybridized carbons (Fsp3) is 0.571. The average Bonchev–Trinajstić information content (AvgIpc) is 1.88. The van der Waals surface area contributed by atoms with Crippen LogP contribution >= 0.6 is 0 Å². The van der Waals surface area contributed by atoms with E-state index in [4.69, 9.17) is 10.3 Å². The van der Waals surface area contributed by atoms with Gasteiger partial charge in [-0.3, -0.25) is 0 Å². The summed E-state index contributed by atoms with van der Waals surface area (Å²) in [5.74, 6) is 0.181. The number of aliphatic hydroxyl groups excluding tert-OH is 1. The highest BCUT2D eigenvalue weighted by Gasteiger charge is 2.06. The predicted molar refractivity (Wildman–Crippen MR) is 40.4 cm³/mol. The summed E-state index contributed by atoms with van der Waals surface area (Å²) in [7, 11) is 0. The molecule has 0 atom stereocenters. The largest absolute Gasteiger partial charge is 0.515 e. The SMILES string of the molecule is CC(=N/O)/C(=C/O)C(C)C. The second kappa shape index (κ2) is 3.93. The maximum Gasteiger partial charge on any atom is 0.0845 e. The molecule has 0 bridgehead atoms. The van der Waals surface area contributed by atoms with E-state index < -0.39 is 0 Å². The Hall–Kier alpha value is -0.990. The van der Waals surface area contributed by atoms with E-state index in [1.165, 1.54) is 0 Å². The van der Waals surface area contributed by atoms with E-state index in [-0.39, 0.29) is 5.92 Å². The smallest absolute Gasteiger partial charge is 0.0845 e. The summed E-state index contributed by atoms with van der Waals surface area (Å²) in [4.78, 5) is 0. The fourth-order valence-electron chi connectivity index (χ4n) is 0.718. The van der Waals surface area contributed by atoms with Crippen molar-refractivity contribution in [2.24, 2.45) is 11.1 Å². The van der Waals surface area contributed by atoms with Gasteiger partial charge in [0.05, 0.1) is 12.0 Å². The van der Waals surface area contributed by atoms with Crippen molar-refractivity contribution in [2.45, 2.75) is 20.8 Å². The van der Waals surface area contributed by atoms with Crippen molar-refractivity contribution < 1.29 is 10.3 Å². The fourth-order valence-corrected chi connectivity index (χ4v) is 0.718. The maximum atomic E-state index is 8.64. The Morgan fingerprint density at radius 2 is 2.00 bits per heavy atom. The average molecular weight is 143 g/mol. The van der Waals surface area contributed by atoms with Gasteiger partial charge >= 0.3 is 0 Å². The summed E-state index contributed by atoms with van der Waals surface area (Å²) in [5.41, 5.74) is 1.11. The molecule has 0 saturated heterocycles. The van der Waals surface area contributed by atoms with E-state index in [2.05, 4.69) is 5.16 Å². The highest BCUT2D eigenvalue weighted by Crippen LogP contribution is 2.09. The highest BCUT2D eigenvalue weighted by molar-refractivity contribution is 5.97. The van der Waals surface area contributed by atoms with Gasteiger partial charge in [-0.05, 0) is 12.8 Å². The molecule has 58 valence electrons. The summed E-state index contributed by atoms with van der Waals surface area (Å²) in [6.07, 6.45) is 0.972. The van der Waals surface area contributed by atoms with Crippen molar-refractivity contribution in [3.05, 3.63) is 11.8 Å². The minimum atomic E-state index is 0.181. The number of hydrogen-bond donors (Lipinski definition) is 2. The summed E-state index contributed by atoms with van der Waals surface area (Å²) in [5, 5.41) is 19.9. The first kappa shape index (κ1) is 9.01. The summed E-state index contributed by atoms with van der Waals surface area (Å²) < 4.78 is 0. The Morgan fingerprint density at radius 1 is 1.50 bits per heavy atom. The van der Waals surface area contributed by atoms with Crippen LogP contribution in [0.4, 0.5) is 0 Å². The second-order valence-electron chi connectivity index (χ2n) is 2.42. The monoisotopic (exact) mass is 143 g/mol. The van der Waals surface area contributed by atoms with Gasteiger partial charge < -0.3 is 10.3 Å². The van der Waals surface area contributed by atoms with Crippen molar-refractivity contribution in [1.82, 2.24) is 0 Å². The Morgan fingerprint density at radius 3 is 2.10 bits per heavy atom. The molecule has 0 fully saturated rings. The van der Waals surface area contributed by atoms with Crippen LogP contribution < -0.4 is 0 Å². The zero-order valence-electron chi connectivity index (χ0n) is 6.50. The molecule has 0 aromatic heterocycles.